The zero-order valence-corrected chi connectivity index (χ0v) is 24.0. The molecule has 1 aromatic heterocycles. The Labute approximate surface area is 248 Å². The van der Waals surface area contributed by atoms with Crippen molar-refractivity contribution < 1.29 is 88.8 Å². The van der Waals surface area contributed by atoms with Crippen molar-refractivity contribution in [1.29, 1.82) is 0 Å². The van der Waals surface area contributed by atoms with E-state index in [1.54, 1.807) is 48.5 Å². The van der Waals surface area contributed by atoms with Gasteiger partial charge >= 0.3 is 59.1 Å². The van der Waals surface area contributed by atoms with Crippen LogP contribution in [-0.2, 0) is 14.4 Å². The summed E-state index contributed by atoms with van der Waals surface area (Å²) in [5.74, 6) is -3.02. The average molecular weight is 517 g/mol. The third-order valence-corrected chi connectivity index (χ3v) is 7.29. The number of carboxylic acids is 1. The molecule has 13 heteroatoms. The number of aromatic nitrogens is 1. The summed E-state index contributed by atoms with van der Waals surface area (Å²) in [7, 11) is 0. The SMILES string of the molecule is O=C([O-])C1=C(C([O-])Sc2ccccn2)CS[C@H]2C(NC(=O)C(O)c3ccccc3)C(=O)N12.[Na+].[Na+]. The van der Waals surface area contributed by atoms with Crippen molar-refractivity contribution >= 4 is 41.3 Å². The number of nitrogens with zero attached hydrogens (tertiary/aromatic N) is 2. The van der Waals surface area contributed by atoms with Crippen molar-refractivity contribution in [3.63, 3.8) is 0 Å². The number of carbonyl (C=O) groups excluding carboxylic acids is 3. The molecule has 3 unspecified atom stereocenters. The second kappa shape index (κ2) is 12.9. The van der Waals surface area contributed by atoms with Gasteiger partial charge in [-0.3, -0.25) is 14.5 Å². The van der Waals surface area contributed by atoms with Crippen LogP contribution in [0.4, 0.5) is 0 Å². The molecule has 2 N–H and O–H groups in total. The summed E-state index contributed by atoms with van der Waals surface area (Å²) in [5, 5.41) is 37.0. The van der Waals surface area contributed by atoms with Gasteiger partial charge < -0.3 is 25.4 Å². The largest absolute Gasteiger partial charge is 1.00 e. The molecule has 4 atom stereocenters. The van der Waals surface area contributed by atoms with E-state index in [1.807, 2.05) is 0 Å². The number of β-lactam (4-membered cyclic amide) rings is 1. The Bertz CT molecular complexity index is 1080. The molecular weight excluding hydrogens is 500 g/mol. The summed E-state index contributed by atoms with van der Waals surface area (Å²) in [6.45, 7) is 0. The maximum Gasteiger partial charge on any atom is 1.00 e. The molecule has 2 aromatic rings. The van der Waals surface area contributed by atoms with Crippen LogP contribution in [0, 0.1) is 0 Å². The molecule has 0 radical (unpaired) electrons. The van der Waals surface area contributed by atoms with E-state index in [4.69, 9.17) is 0 Å². The fourth-order valence-corrected chi connectivity index (χ4v) is 5.74. The van der Waals surface area contributed by atoms with Crippen LogP contribution in [0.25, 0.3) is 0 Å². The molecule has 0 aliphatic carbocycles. The number of amides is 2. The van der Waals surface area contributed by atoms with E-state index in [0.717, 1.165) is 16.7 Å². The number of carboxylic acid groups (broad SMARTS) is 1. The number of carbonyl (C=O) groups is 3. The Balaban J connectivity index is 0.00000204. The number of aliphatic carboxylic acids is 1. The molecule has 34 heavy (non-hydrogen) atoms. The van der Waals surface area contributed by atoms with Gasteiger partial charge in [0, 0.05) is 11.9 Å². The Kier molecular flexibility index (Phi) is 11.1. The molecule has 4 rings (SSSR count). The number of hydrogen-bond acceptors (Lipinski definition) is 9. The topological polar surface area (TPSA) is 146 Å². The van der Waals surface area contributed by atoms with Crippen LogP contribution in [0.2, 0.25) is 0 Å². The number of aliphatic hydroxyl groups is 1. The fraction of sp³-hybridized carbons (Fsp3) is 0.238. The summed E-state index contributed by atoms with van der Waals surface area (Å²) in [6.07, 6.45) is 0.0457. The standard InChI is InChI=1S/C21H18N3O6S2.2Na/c25-16(11-6-2-1-3-7-11)17(26)23-14-18(27)24-15(20(28)29)12(10-31-19(14)24)21(30)32-13-8-4-5-9-22-13;;/h1-9,14,16,19,21,25H,10H2,(H,23,26)(H,28,29);;/q-1;2*+1/p-1/t14?,16?,19-,21?;;/m0../s1. The molecule has 2 aliphatic rings. The van der Waals surface area contributed by atoms with Crippen LogP contribution in [0.5, 0.6) is 0 Å². The van der Waals surface area contributed by atoms with E-state index in [2.05, 4.69) is 10.3 Å². The van der Waals surface area contributed by atoms with Gasteiger partial charge in [0.15, 0.2) is 6.10 Å². The maximum atomic E-state index is 12.8. The predicted molar refractivity (Wildman–Crippen MR) is 112 cm³/mol. The number of thioether (sulfide) groups is 2. The number of rotatable bonds is 7. The van der Waals surface area contributed by atoms with Gasteiger partial charge in [0.05, 0.1) is 16.7 Å². The molecule has 2 aliphatic heterocycles. The first kappa shape index (κ1) is 29.4. The minimum Gasteiger partial charge on any atom is -0.840 e. The van der Waals surface area contributed by atoms with Gasteiger partial charge in [-0.25, -0.2) is 4.98 Å². The zero-order chi connectivity index (χ0) is 22.8. The molecule has 3 heterocycles. The molecule has 1 fully saturated rings. The van der Waals surface area contributed by atoms with Gasteiger partial charge in [0.1, 0.15) is 11.4 Å². The van der Waals surface area contributed by atoms with Crippen molar-refractivity contribution in [2.24, 2.45) is 0 Å². The van der Waals surface area contributed by atoms with E-state index in [-0.39, 0.29) is 70.4 Å². The van der Waals surface area contributed by atoms with E-state index in [1.165, 1.54) is 18.0 Å². The van der Waals surface area contributed by atoms with Crippen LogP contribution in [0.1, 0.15) is 11.7 Å². The van der Waals surface area contributed by atoms with Crippen LogP contribution in [0.3, 0.4) is 0 Å². The number of fused-ring (bicyclic) bond motifs is 1. The summed E-state index contributed by atoms with van der Waals surface area (Å²) in [4.78, 5) is 42.0. The predicted octanol–water partition coefficient (Wildman–Crippen LogP) is -6.99. The Morgan fingerprint density at radius 2 is 1.85 bits per heavy atom. The molecule has 166 valence electrons. The first-order valence-electron chi connectivity index (χ1n) is 9.54. The number of aliphatic hydroxyl groups excluding tert-OH is 1. The fourth-order valence-electron chi connectivity index (χ4n) is 3.43. The maximum absolute atomic E-state index is 12.8. The summed E-state index contributed by atoms with van der Waals surface area (Å²) in [6, 6.07) is 12.2. The number of pyridine rings is 1. The van der Waals surface area contributed by atoms with Gasteiger partial charge in [-0.15, -0.1) is 23.5 Å². The van der Waals surface area contributed by atoms with E-state index in [0.29, 0.717) is 10.6 Å². The van der Waals surface area contributed by atoms with Crippen molar-refractivity contribution in [1.82, 2.24) is 15.2 Å². The minimum absolute atomic E-state index is 0. The number of benzene rings is 1. The smallest absolute Gasteiger partial charge is 0.840 e. The molecule has 0 saturated carbocycles. The van der Waals surface area contributed by atoms with Gasteiger partial charge in [0.2, 0.25) is 0 Å². The van der Waals surface area contributed by atoms with Gasteiger partial charge in [0.25, 0.3) is 11.8 Å². The third kappa shape index (κ3) is 6.09. The van der Waals surface area contributed by atoms with E-state index >= 15 is 0 Å². The summed E-state index contributed by atoms with van der Waals surface area (Å²) in [5.41, 5.74) is -1.57. The van der Waals surface area contributed by atoms with Gasteiger partial charge in [-0.05, 0) is 28.7 Å². The molecular formula is C21H17N3Na2O6S2. The van der Waals surface area contributed by atoms with Crippen molar-refractivity contribution in [2.75, 3.05) is 5.75 Å². The van der Waals surface area contributed by atoms with E-state index in [9.17, 15) is 29.7 Å². The van der Waals surface area contributed by atoms with Gasteiger partial charge in [-0.2, -0.15) is 0 Å². The normalized spacial score (nSPS) is 20.6. The molecule has 0 spiro atoms. The average Bonchev–Trinajstić information content (AvgIpc) is 2.81. The molecule has 2 amide bonds. The first-order valence-corrected chi connectivity index (χ1v) is 11.5. The quantitative estimate of drug-likeness (QED) is 0.158. The van der Waals surface area contributed by atoms with Crippen LogP contribution < -0.4 is 74.6 Å². The van der Waals surface area contributed by atoms with Crippen LogP contribution in [0.15, 0.2) is 71.0 Å². The van der Waals surface area contributed by atoms with Crippen molar-refractivity contribution in [3.8, 4) is 0 Å². The second-order valence-corrected chi connectivity index (χ2v) is 9.18. The van der Waals surface area contributed by atoms with E-state index < -0.39 is 46.4 Å². The molecule has 9 nitrogen and oxygen atoms in total. The number of hydrogen-bond donors (Lipinski definition) is 2. The van der Waals surface area contributed by atoms with Crippen LogP contribution >= 0.6 is 23.5 Å². The molecule has 1 saturated heterocycles. The van der Waals surface area contributed by atoms with Crippen molar-refractivity contribution in [3.05, 3.63) is 71.6 Å². The first-order chi connectivity index (χ1) is 15.4. The monoisotopic (exact) mass is 517 g/mol. The van der Waals surface area contributed by atoms with Crippen LogP contribution in [-0.4, -0.2) is 55.4 Å². The molecule has 1 aromatic carbocycles. The molecule has 0 bridgehead atoms. The Hall–Kier alpha value is -0.860. The minimum atomic E-state index is -1.63. The van der Waals surface area contributed by atoms with Crippen molar-refractivity contribution in [2.45, 2.75) is 28.0 Å². The summed E-state index contributed by atoms with van der Waals surface area (Å²) < 4.78 is 0. The Morgan fingerprint density at radius 3 is 2.47 bits per heavy atom. The summed E-state index contributed by atoms with van der Waals surface area (Å²) >= 11 is 2.01. The van der Waals surface area contributed by atoms with Gasteiger partial charge in [-0.1, -0.05) is 36.4 Å². The number of nitrogens with one attached hydrogen (secondary N) is 1. The second-order valence-electron chi connectivity index (χ2n) is 6.99. The zero-order valence-electron chi connectivity index (χ0n) is 18.4. The Morgan fingerprint density at radius 1 is 1.18 bits per heavy atom. The third-order valence-electron chi connectivity index (χ3n) is 5.00.